The molecule has 15 heavy (non-hydrogen) atoms. The first-order chi connectivity index (χ1) is 7.33. The maximum atomic E-state index is 11.1. The van der Waals surface area contributed by atoms with Gasteiger partial charge in [-0.05, 0) is 12.1 Å². The van der Waals surface area contributed by atoms with Gasteiger partial charge in [0.05, 0.1) is 12.3 Å². The molecule has 0 fully saturated rings. The zero-order chi connectivity index (χ0) is 10.9. The molecule has 0 bridgehead atoms. The normalized spacial score (nSPS) is 9.87. The fraction of sp³-hybridized carbons (Fsp3) is 0.0909. The maximum Gasteiger partial charge on any atom is 0.339 e. The Hall–Kier alpha value is -2.10. The molecule has 0 heterocycles. The van der Waals surface area contributed by atoms with E-state index >= 15 is 0 Å². The van der Waals surface area contributed by atoms with Crippen LogP contribution in [0.15, 0.2) is 42.7 Å². The molecule has 1 rings (SSSR count). The maximum absolute atomic E-state index is 11.1. The van der Waals surface area contributed by atoms with Crippen LogP contribution in [-0.4, -0.2) is 18.9 Å². The number of carbonyl (C=O) groups excluding carboxylic acids is 2. The van der Waals surface area contributed by atoms with Crippen molar-refractivity contribution in [2.45, 2.75) is 0 Å². The molecule has 1 aromatic carbocycles. The van der Waals surface area contributed by atoms with E-state index < -0.39 is 5.97 Å². The van der Waals surface area contributed by atoms with Crippen LogP contribution in [0.4, 0.5) is 0 Å². The topological polar surface area (TPSA) is 52.6 Å². The van der Waals surface area contributed by atoms with Gasteiger partial charge >= 0.3 is 5.97 Å². The molecule has 0 aromatic heterocycles. The van der Waals surface area contributed by atoms with Gasteiger partial charge in [-0.2, -0.15) is 0 Å². The lowest BCUT2D eigenvalue weighted by Crippen LogP contribution is -2.03. The quantitative estimate of drug-likeness (QED) is 0.182. The largest absolute Gasteiger partial charge is 0.493 e. The van der Waals surface area contributed by atoms with Gasteiger partial charge in [0, 0.05) is 0 Å². The molecule has 0 N–H and O–H groups in total. The minimum absolute atomic E-state index is 0.0743. The van der Waals surface area contributed by atoms with Gasteiger partial charge < -0.3 is 9.47 Å². The van der Waals surface area contributed by atoms with Gasteiger partial charge in [0.2, 0.25) is 0 Å². The van der Waals surface area contributed by atoms with Crippen LogP contribution in [0, 0.1) is 0 Å². The van der Waals surface area contributed by atoms with Crippen molar-refractivity contribution in [1.82, 2.24) is 0 Å². The van der Waals surface area contributed by atoms with Crippen LogP contribution < -0.4 is 4.74 Å². The Bertz CT molecular complexity index is 343. The molecular formula is C11H10O4. The predicted molar refractivity (Wildman–Crippen MR) is 53.2 cm³/mol. The van der Waals surface area contributed by atoms with E-state index in [1.165, 1.54) is 0 Å². The Morgan fingerprint density at radius 2 is 2.00 bits per heavy atom. The molecule has 78 valence electrons. The highest BCUT2D eigenvalue weighted by Crippen LogP contribution is 2.08. The molecule has 0 aliphatic heterocycles. The summed E-state index contributed by atoms with van der Waals surface area (Å²) in [7, 11) is 0. The van der Waals surface area contributed by atoms with Crippen LogP contribution in [0.2, 0.25) is 0 Å². The Balaban J connectivity index is 2.36. The zero-order valence-corrected chi connectivity index (χ0v) is 7.96. The van der Waals surface area contributed by atoms with E-state index in [1.54, 1.807) is 24.3 Å². The Kier molecular flexibility index (Phi) is 4.66. The number of hydrogen-bond acceptors (Lipinski definition) is 4. The standard InChI is InChI=1S/C11H10O4/c12-7-9-14-8-6-11(13)15-10-4-2-1-3-5-10/h1-8H,9H2/b8-6+. The van der Waals surface area contributed by atoms with Crippen molar-refractivity contribution >= 4 is 12.3 Å². The molecule has 0 aliphatic carbocycles. The summed E-state index contributed by atoms with van der Waals surface area (Å²) in [5.74, 6) is -0.0883. The summed E-state index contributed by atoms with van der Waals surface area (Å²) < 4.78 is 9.54. The number of aldehydes is 1. The molecular weight excluding hydrogens is 196 g/mol. The van der Waals surface area contributed by atoms with Gasteiger partial charge in [-0.25, -0.2) is 4.79 Å². The molecule has 0 saturated carbocycles. The third-order valence-electron chi connectivity index (χ3n) is 1.43. The van der Waals surface area contributed by atoms with Crippen LogP contribution in [0.1, 0.15) is 0 Å². The van der Waals surface area contributed by atoms with Crippen molar-refractivity contribution < 1.29 is 19.1 Å². The number of ether oxygens (including phenoxy) is 2. The van der Waals surface area contributed by atoms with Gasteiger partial charge in [0.1, 0.15) is 12.4 Å². The first-order valence-corrected chi connectivity index (χ1v) is 4.31. The number of benzene rings is 1. The highest BCUT2D eigenvalue weighted by molar-refractivity contribution is 5.83. The fourth-order valence-electron chi connectivity index (χ4n) is 0.837. The van der Waals surface area contributed by atoms with E-state index in [0.29, 0.717) is 12.0 Å². The van der Waals surface area contributed by atoms with E-state index in [0.717, 1.165) is 12.3 Å². The minimum atomic E-state index is -0.549. The number of esters is 1. The predicted octanol–water partition coefficient (Wildman–Crippen LogP) is 1.32. The minimum Gasteiger partial charge on any atom is -0.493 e. The van der Waals surface area contributed by atoms with E-state index in [9.17, 15) is 9.59 Å². The number of carbonyl (C=O) groups is 2. The van der Waals surface area contributed by atoms with E-state index in [4.69, 9.17) is 4.74 Å². The highest BCUT2D eigenvalue weighted by atomic mass is 16.5. The second-order valence-electron chi connectivity index (χ2n) is 2.54. The first-order valence-electron chi connectivity index (χ1n) is 4.31. The summed E-state index contributed by atoms with van der Waals surface area (Å²) >= 11 is 0. The van der Waals surface area contributed by atoms with Crippen molar-refractivity contribution in [3.05, 3.63) is 42.7 Å². The van der Waals surface area contributed by atoms with Gasteiger partial charge in [-0.15, -0.1) is 0 Å². The lowest BCUT2D eigenvalue weighted by atomic mass is 10.3. The van der Waals surface area contributed by atoms with Gasteiger partial charge in [0.25, 0.3) is 0 Å². The Morgan fingerprint density at radius 3 is 2.67 bits per heavy atom. The molecule has 1 aromatic rings. The number of hydrogen-bond donors (Lipinski definition) is 0. The molecule has 0 aliphatic rings. The summed E-state index contributed by atoms with van der Waals surface area (Å²) in [6.45, 7) is -0.0743. The monoisotopic (exact) mass is 206 g/mol. The van der Waals surface area contributed by atoms with E-state index in [2.05, 4.69) is 4.74 Å². The summed E-state index contributed by atoms with van der Waals surface area (Å²) in [6.07, 6.45) is 2.82. The average molecular weight is 206 g/mol. The Labute approximate surface area is 87.1 Å². The van der Waals surface area contributed by atoms with Crippen LogP contribution in [0.25, 0.3) is 0 Å². The smallest absolute Gasteiger partial charge is 0.339 e. The second-order valence-corrected chi connectivity index (χ2v) is 2.54. The van der Waals surface area contributed by atoms with Crippen LogP contribution >= 0.6 is 0 Å². The summed E-state index contributed by atoms with van der Waals surface area (Å²) in [4.78, 5) is 21.0. The van der Waals surface area contributed by atoms with Crippen molar-refractivity contribution in [2.75, 3.05) is 6.61 Å². The lowest BCUT2D eigenvalue weighted by Gasteiger charge is -1.99. The zero-order valence-electron chi connectivity index (χ0n) is 7.96. The molecule has 4 nitrogen and oxygen atoms in total. The Morgan fingerprint density at radius 1 is 1.27 bits per heavy atom. The van der Waals surface area contributed by atoms with Gasteiger partial charge in [0.15, 0.2) is 6.29 Å². The first kappa shape index (κ1) is 11.0. The molecule has 0 saturated heterocycles. The van der Waals surface area contributed by atoms with Crippen molar-refractivity contribution in [3.63, 3.8) is 0 Å². The summed E-state index contributed by atoms with van der Waals surface area (Å²) in [6, 6.07) is 8.67. The molecule has 0 atom stereocenters. The fourth-order valence-corrected chi connectivity index (χ4v) is 0.837. The van der Waals surface area contributed by atoms with Crippen LogP contribution in [0.5, 0.6) is 5.75 Å². The molecule has 0 unspecified atom stereocenters. The number of rotatable bonds is 5. The summed E-state index contributed by atoms with van der Waals surface area (Å²) in [5.41, 5.74) is 0. The average Bonchev–Trinajstić information content (AvgIpc) is 2.26. The third kappa shape index (κ3) is 4.61. The molecule has 0 spiro atoms. The van der Waals surface area contributed by atoms with Crippen LogP contribution in [-0.2, 0) is 14.3 Å². The lowest BCUT2D eigenvalue weighted by molar-refractivity contribution is -0.129. The van der Waals surface area contributed by atoms with E-state index in [1.807, 2.05) is 6.07 Å². The van der Waals surface area contributed by atoms with Gasteiger partial charge in [-0.3, -0.25) is 4.79 Å². The molecule has 4 heteroatoms. The molecule has 0 amide bonds. The highest BCUT2D eigenvalue weighted by Gasteiger charge is 1.98. The van der Waals surface area contributed by atoms with Crippen molar-refractivity contribution in [2.24, 2.45) is 0 Å². The van der Waals surface area contributed by atoms with Gasteiger partial charge in [-0.1, -0.05) is 18.2 Å². The molecule has 0 radical (unpaired) electrons. The third-order valence-corrected chi connectivity index (χ3v) is 1.43. The SMILES string of the molecule is O=CCO/C=C/C(=O)Oc1ccccc1. The van der Waals surface area contributed by atoms with Crippen molar-refractivity contribution in [1.29, 1.82) is 0 Å². The van der Waals surface area contributed by atoms with Crippen LogP contribution in [0.3, 0.4) is 0 Å². The van der Waals surface area contributed by atoms with Crippen molar-refractivity contribution in [3.8, 4) is 5.75 Å². The summed E-state index contributed by atoms with van der Waals surface area (Å²) in [5, 5.41) is 0. The second kappa shape index (κ2) is 6.37. The number of para-hydroxylation sites is 1. The van der Waals surface area contributed by atoms with E-state index in [-0.39, 0.29) is 6.61 Å².